The maximum Gasteiger partial charge on any atom is 0.231 e. The number of fused-ring (bicyclic) bond motifs is 2. The number of para-hydroxylation sites is 2. The molecule has 27 heavy (non-hydrogen) atoms. The lowest BCUT2D eigenvalue weighted by Gasteiger charge is -2.20. The van der Waals surface area contributed by atoms with Gasteiger partial charge in [-0.15, -0.1) is 0 Å². The molecule has 0 saturated carbocycles. The van der Waals surface area contributed by atoms with Gasteiger partial charge in [-0.2, -0.15) is 0 Å². The molecule has 1 aliphatic heterocycles. The van der Waals surface area contributed by atoms with Crippen molar-refractivity contribution in [2.45, 2.75) is 38.6 Å². The molecule has 3 aromatic rings. The first-order chi connectivity index (χ1) is 13.2. The van der Waals surface area contributed by atoms with Gasteiger partial charge in [-0.25, -0.2) is 0 Å². The Bertz CT molecular complexity index is 963. The number of ether oxygens (including phenoxy) is 2. The number of hydrogen-bond donors (Lipinski definition) is 2. The zero-order valence-electron chi connectivity index (χ0n) is 15.6. The number of aromatic nitrogens is 1. The van der Waals surface area contributed by atoms with Crippen molar-refractivity contribution < 1.29 is 14.3 Å². The molecule has 5 nitrogen and oxygen atoms in total. The lowest BCUT2D eigenvalue weighted by atomic mass is 9.87. The van der Waals surface area contributed by atoms with Crippen molar-refractivity contribution in [1.82, 2.24) is 10.3 Å². The topological polar surface area (TPSA) is 63.4 Å². The predicted octanol–water partition coefficient (Wildman–Crippen LogP) is 4.33. The van der Waals surface area contributed by atoms with Crippen molar-refractivity contribution in [2.75, 3.05) is 6.79 Å². The van der Waals surface area contributed by atoms with Crippen LogP contribution in [0.2, 0.25) is 0 Å². The number of H-pyrrole nitrogens is 1. The first kappa shape index (κ1) is 17.5. The van der Waals surface area contributed by atoms with E-state index < -0.39 is 0 Å². The van der Waals surface area contributed by atoms with E-state index in [0.29, 0.717) is 6.42 Å². The Labute approximate surface area is 158 Å². The van der Waals surface area contributed by atoms with Crippen LogP contribution in [0.15, 0.2) is 48.7 Å². The SMILES string of the molecule is CC[C@H](C)NC(=O)C[C@H](c1cccc2c1OCO2)c1c[nH]c2ccccc12. The van der Waals surface area contributed by atoms with Gasteiger partial charge < -0.3 is 19.8 Å². The quantitative estimate of drug-likeness (QED) is 0.684. The van der Waals surface area contributed by atoms with Crippen LogP contribution < -0.4 is 14.8 Å². The van der Waals surface area contributed by atoms with E-state index in [4.69, 9.17) is 9.47 Å². The predicted molar refractivity (Wildman–Crippen MR) is 105 cm³/mol. The molecule has 0 unspecified atom stereocenters. The Balaban J connectivity index is 1.76. The highest BCUT2D eigenvalue weighted by Gasteiger charge is 2.28. The number of carbonyl (C=O) groups is 1. The van der Waals surface area contributed by atoms with Gasteiger partial charge in [0.2, 0.25) is 12.7 Å². The minimum atomic E-state index is -0.123. The molecule has 5 heteroatoms. The third-order valence-corrected chi connectivity index (χ3v) is 5.21. The molecular weight excluding hydrogens is 340 g/mol. The molecule has 0 aliphatic carbocycles. The van der Waals surface area contributed by atoms with E-state index in [2.05, 4.69) is 23.3 Å². The van der Waals surface area contributed by atoms with Crippen LogP contribution in [0.25, 0.3) is 10.9 Å². The zero-order valence-corrected chi connectivity index (χ0v) is 15.6. The maximum absolute atomic E-state index is 12.7. The standard InChI is InChI=1S/C22H24N2O3/c1-3-14(2)24-21(25)11-17(16-8-6-10-20-22(16)27-13-26-20)18-12-23-19-9-5-4-7-15(18)19/h4-10,12,14,17,23H,3,11,13H2,1-2H3,(H,24,25)/t14-,17+/m0/s1. The fourth-order valence-electron chi connectivity index (χ4n) is 3.62. The van der Waals surface area contributed by atoms with Crippen LogP contribution in [-0.2, 0) is 4.79 Å². The zero-order chi connectivity index (χ0) is 18.8. The highest BCUT2D eigenvalue weighted by atomic mass is 16.7. The van der Waals surface area contributed by atoms with E-state index in [0.717, 1.165) is 39.9 Å². The number of nitrogens with one attached hydrogen (secondary N) is 2. The van der Waals surface area contributed by atoms with E-state index in [1.165, 1.54) is 0 Å². The summed E-state index contributed by atoms with van der Waals surface area (Å²) >= 11 is 0. The normalized spacial score (nSPS) is 14.9. The first-order valence-electron chi connectivity index (χ1n) is 9.41. The number of hydrogen-bond acceptors (Lipinski definition) is 3. The first-order valence-corrected chi connectivity index (χ1v) is 9.41. The summed E-state index contributed by atoms with van der Waals surface area (Å²) in [4.78, 5) is 16.1. The van der Waals surface area contributed by atoms with E-state index in [9.17, 15) is 4.79 Å². The van der Waals surface area contributed by atoms with Gasteiger partial charge in [0.25, 0.3) is 0 Å². The van der Waals surface area contributed by atoms with Gasteiger partial charge in [0.05, 0.1) is 0 Å². The number of benzene rings is 2. The van der Waals surface area contributed by atoms with Gasteiger partial charge in [0.15, 0.2) is 11.5 Å². The van der Waals surface area contributed by atoms with Crippen LogP contribution in [0.4, 0.5) is 0 Å². The van der Waals surface area contributed by atoms with Crippen LogP contribution in [0.3, 0.4) is 0 Å². The third-order valence-electron chi connectivity index (χ3n) is 5.21. The Hall–Kier alpha value is -2.95. The van der Waals surface area contributed by atoms with Crippen LogP contribution in [0.1, 0.15) is 43.7 Å². The molecule has 2 atom stereocenters. The van der Waals surface area contributed by atoms with Gasteiger partial charge in [-0.1, -0.05) is 37.3 Å². The molecule has 1 amide bonds. The second-order valence-electron chi connectivity index (χ2n) is 7.00. The molecule has 2 aromatic carbocycles. The summed E-state index contributed by atoms with van der Waals surface area (Å²) in [5, 5.41) is 4.21. The summed E-state index contributed by atoms with van der Waals surface area (Å²) < 4.78 is 11.3. The maximum atomic E-state index is 12.7. The molecule has 0 radical (unpaired) electrons. The average molecular weight is 364 g/mol. The summed E-state index contributed by atoms with van der Waals surface area (Å²) in [7, 11) is 0. The minimum Gasteiger partial charge on any atom is -0.454 e. The van der Waals surface area contributed by atoms with Crippen LogP contribution in [-0.4, -0.2) is 23.7 Å². The highest BCUT2D eigenvalue weighted by Crippen LogP contribution is 2.44. The Kier molecular flexibility index (Phi) is 4.75. The van der Waals surface area contributed by atoms with Crippen molar-refractivity contribution >= 4 is 16.8 Å². The molecule has 2 heterocycles. The second kappa shape index (κ2) is 7.35. The third kappa shape index (κ3) is 3.37. The van der Waals surface area contributed by atoms with Crippen LogP contribution in [0, 0.1) is 0 Å². The lowest BCUT2D eigenvalue weighted by molar-refractivity contribution is -0.121. The van der Waals surface area contributed by atoms with Gasteiger partial charge in [-0.05, 0) is 31.0 Å². The minimum absolute atomic E-state index is 0.0381. The second-order valence-corrected chi connectivity index (χ2v) is 7.00. The van der Waals surface area contributed by atoms with Crippen molar-refractivity contribution in [3.8, 4) is 11.5 Å². The monoisotopic (exact) mass is 364 g/mol. The average Bonchev–Trinajstić information content (AvgIpc) is 3.32. The summed E-state index contributed by atoms with van der Waals surface area (Å²) in [6.07, 6.45) is 3.26. The molecule has 140 valence electrons. The molecule has 2 N–H and O–H groups in total. The Morgan fingerprint density at radius 3 is 2.85 bits per heavy atom. The van der Waals surface area contributed by atoms with Gasteiger partial charge in [-0.3, -0.25) is 4.79 Å². The number of rotatable bonds is 6. The molecule has 0 saturated heterocycles. The van der Waals surface area contributed by atoms with Crippen LogP contribution in [0.5, 0.6) is 11.5 Å². The largest absolute Gasteiger partial charge is 0.454 e. The number of carbonyl (C=O) groups excluding carboxylic acids is 1. The fourth-order valence-corrected chi connectivity index (χ4v) is 3.62. The summed E-state index contributed by atoms with van der Waals surface area (Å²) in [5.74, 6) is 1.39. The van der Waals surface area contributed by atoms with Gasteiger partial charge in [0, 0.05) is 41.0 Å². The van der Waals surface area contributed by atoms with Crippen molar-refractivity contribution in [3.05, 3.63) is 59.8 Å². The van der Waals surface area contributed by atoms with Crippen molar-refractivity contribution in [1.29, 1.82) is 0 Å². The van der Waals surface area contributed by atoms with Crippen molar-refractivity contribution in [2.24, 2.45) is 0 Å². The summed E-state index contributed by atoms with van der Waals surface area (Å²) in [6, 6.07) is 14.2. The van der Waals surface area contributed by atoms with Crippen molar-refractivity contribution in [3.63, 3.8) is 0 Å². The summed E-state index contributed by atoms with van der Waals surface area (Å²) in [6.45, 7) is 4.30. The molecule has 1 aromatic heterocycles. The van der Waals surface area contributed by atoms with Gasteiger partial charge in [0.1, 0.15) is 0 Å². The fraction of sp³-hybridized carbons (Fsp3) is 0.318. The highest BCUT2D eigenvalue weighted by molar-refractivity contribution is 5.86. The Morgan fingerprint density at radius 2 is 2.00 bits per heavy atom. The molecule has 4 rings (SSSR count). The molecular formula is C22H24N2O3. The molecule has 1 aliphatic rings. The lowest BCUT2D eigenvalue weighted by Crippen LogP contribution is -2.33. The summed E-state index contributed by atoms with van der Waals surface area (Å²) in [5.41, 5.74) is 3.13. The molecule has 0 bridgehead atoms. The van der Waals surface area contributed by atoms with E-state index in [1.54, 1.807) is 0 Å². The van der Waals surface area contributed by atoms with E-state index in [-0.39, 0.29) is 24.7 Å². The number of amides is 1. The Morgan fingerprint density at radius 1 is 1.15 bits per heavy atom. The van der Waals surface area contributed by atoms with E-state index in [1.807, 2.05) is 49.5 Å². The molecule has 0 spiro atoms. The molecule has 0 fully saturated rings. The van der Waals surface area contributed by atoms with Gasteiger partial charge >= 0.3 is 0 Å². The number of aromatic amines is 1. The van der Waals surface area contributed by atoms with Crippen LogP contribution >= 0.6 is 0 Å². The smallest absolute Gasteiger partial charge is 0.231 e. The van der Waals surface area contributed by atoms with E-state index >= 15 is 0 Å².